The summed E-state index contributed by atoms with van der Waals surface area (Å²) >= 11 is 9.47. The van der Waals surface area contributed by atoms with Gasteiger partial charge in [-0.1, -0.05) is 22.0 Å². The molecule has 1 aromatic carbocycles. The Hall–Kier alpha value is -0.0500. The lowest BCUT2D eigenvalue weighted by Crippen LogP contribution is -2.12. The lowest BCUT2D eigenvalue weighted by Gasteiger charge is -2.20. The van der Waals surface area contributed by atoms with Crippen LogP contribution in [-0.2, 0) is 11.3 Å². The summed E-state index contributed by atoms with van der Waals surface area (Å²) in [4.78, 5) is 0. The molecular weight excluding hydrogens is 239 g/mol. The van der Waals surface area contributed by atoms with Crippen molar-refractivity contribution in [1.82, 2.24) is 0 Å². The summed E-state index contributed by atoms with van der Waals surface area (Å²) in [6, 6.07) is 6.13. The Morgan fingerprint density at radius 3 is 3.17 bits per heavy atom. The van der Waals surface area contributed by atoms with Crippen LogP contribution in [0.2, 0.25) is 0 Å². The fourth-order valence-electron chi connectivity index (χ4n) is 1.37. The van der Waals surface area contributed by atoms with Crippen LogP contribution in [0.15, 0.2) is 22.7 Å². The summed E-state index contributed by atoms with van der Waals surface area (Å²) in [5.74, 6) is 0. The zero-order chi connectivity index (χ0) is 8.55. The molecule has 1 atom stereocenters. The molecule has 12 heavy (non-hydrogen) atoms. The maximum atomic E-state index is 6.06. The van der Waals surface area contributed by atoms with Crippen molar-refractivity contribution in [2.45, 2.75) is 12.0 Å². The van der Waals surface area contributed by atoms with E-state index in [-0.39, 0.29) is 5.38 Å². The van der Waals surface area contributed by atoms with Gasteiger partial charge in [-0.2, -0.15) is 0 Å². The first-order valence-electron chi connectivity index (χ1n) is 3.77. The molecule has 1 nitrogen and oxygen atoms in total. The van der Waals surface area contributed by atoms with E-state index in [2.05, 4.69) is 28.1 Å². The highest BCUT2D eigenvalue weighted by molar-refractivity contribution is 9.10. The van der Waals surface area contributed by atoms with E-state index in [0.29, 0.717) is 13.2 Å². The summed E-state index contributed by atoms with van der Waals surface area (Å²) in [6.45, 7) is 1.30. The van der Waals surface area contributed by atoms with Crippen LogP contribution < -0.4 is 0 Å². The van der Waals surface area contributed by atoms with Gasteiger partial charge in [-0.25, -0.2) is 0 Å². The van der Waals surface area contributed by atoms with Gasteiger partial charge in [0.2, 0.25) is 0 Å². The number of fused-ring (bicyclic) bond motifs is 1. The molecule has 64 valence electrons. The molecule has 0 aliphatic carbocycles. The van der Waals surface area contributed by atoms with Crippen molar-refractivity contribution >= 4 is 27.5 Å². The Bertz CT molecular complexity index is 301. The summed E-state index contributed by atoms with van der Waals surface area (Å²) in [5.41, 5.74) is 2.39. The molecule has 0 spiro atoms. The van der Waals surface area contributed by atoms with Crippen molar-refractivity contribution < 1.29 is 4.74 Å². The molecule has 1 heterocycles. The molecule has 1 aliphatic heterocycles. The number of hydrogen-bond donors (Lipinski definition) is 0. The lowest BCUT2D eigenvalue weighted by molar-refractivity contribution is 0.107. The number of halogens is 2. The van der Waals surface area contributed by atoms with E-state index in [1.807, 2.05) is 6.07 Å². The number of rotatable bonds is 0. The molecule has 0 bridgehead atoms. The summed E-state index contributed by atoms with van der Waals surface area (Å²) in [7, 11) is 0. The topological polar surface area (TPSA) is 9.23 Å². The zero-order valence-corrected chi connectivity index (χ0v) is 8.73. The minimum absolute atomic E-state index is 0.0156. The van der Waals surface area contributed by atoms with E-state index in [4.69, 9.17) is 16.3 Å². The van der Waals surface area contributed by atoms with E-state index in [9.17, 15) is 0 Å². The fraction of sp³-hybridized carbons (Fsp3) is 0.333. The Kier molecular flexibility index (Phi) is 2.40. The molecule has 1 aliphatic rings. The molecule has 0 saturated heterocycles. The lowest BCUT2D eigenvalue weighted by atomic mass is 10.0. The predicted octanol–water partition coefficient (Wildman–Crippen LogP) is 3.26. The van der Waals surface area contributed by atoms with E-state index in [0.717, 1.165) is 4.47 Å². The molecule has 0 aromatic heterocycles. The van der Waals surface area contributed by atoms with Crippen LogP contribution >= 0.6 is 27.5 Å². The zero-order valence-electron chi connectivity index (χ0n) is 6.39. The van der Waals surface area contributed by atoms with Crippen molar-refractivity contribution in [2.24, 2.45) is 0 Å². The summed E-state index contributed by atoms with van der Waals surface area (Å²) in [6.07, 6.45) is 0. The van der Waals surface area contributed by atoms with Gasteiger partial charge in [0, 0.05) is 4.47 Å². The summed E-state index contributed by atoms with van der Waals surface area (Å²) < 4.78 is 6.39. The molecule has 0 N–H and O–H groups in total. The van der Waals surface area contributed by atoms with Crippen LogP contribution in [0.5, 0.6) is 0 Å². The van der Waals surface area contributed by atoms with Crippen molar-refractivity contribution in [3.8, 4) is 0 Å². The number of ether oxygens (including phenoxy) is 1. The number of hydrogen-bond acceptors (Lipinski definition) is 1. The van der Waals surface area contributed by atoms with Crippen LogP contribution in [0.4, 0.5) is 0 Å². The second-order valence-electron chi connectivity index (χ2n) is 2.83. The van der Waals surface area contributed by atoms with Gasteiger partial charge in [-0.05, 0) is 23.3 Å². The normalized spacial score (nSPS) is 22.0. The highest BCUT2D eigenvalue weighted by atomic mass is 79.9. The Labute approximate surface area is 84.8 Å². The molecule has 2 rings (SSSR count). The molecule has 3 heteroatoms. The smallest absolute Gasteiger partial charge is 0.0822 e. The van der Waals surface area contributed by atoms with E-state index < -0.39 is 0 Å². The van der Waals surface area contributed by atoms with Crippen molar-refractivity contribution in [2.75, 3.05) is 6.61 Å². The van der Waals surface area contributed by atoms with E-state index >= 15 is 0 Å². The highest BCUT2D eigenvalue weighted by Gasteiger charge is 2.17. The van der Waals surface area contributed by atoms with Crippen molar-refractivity contribution in [3.05, 3.63) is 33.8 Å². The molecule has 0 saturated carbocycles. The van der Waals surface area contributed by atoms with Gasteiger partial charge in [-0.15, -0.1) is 11.6 Å². The fourth-order valence-corrected chi connectivity index (χ4v) is 2.08. The Morgan fingerprint density at radius 2 is 2.33 bits per heavy atom. The second-order valence-corrected chi connectivity index (χ2v) is 4.27. The molecule has 0 amide bonds. The first-order valence-corrected chi connectivity index (χ1v) is 5.00. The molecule has 0 fully saturated rings. The standard InChI is InChI=1S/C9H8BrClO/c10-7-1-2-8-6(3-7)4-12-5-9(8)11/h1-3,9H,4-5H2. The Morgan fingerprint density at radius 1 is 1.50 bits per heavy atom. The van der Waals surface area contributed by atoms with Crippen LogP contribution in [0.3, 0.4) is 0 Å². The quantitative estimate of drug-likeness (QED) is 0.640. The maximum Gasteiger partial charge on any atom is 0.0822 e. The minimum atomic E-state index is 0.0156. The third-order valence-electron chi connectivity index (χ3n) is 1.96. The maximum absolute atomic E-state index is 6.06. The molecular formula is C9H8BrClO. The van der Waals surface area contributed by atoms with Gasteiger partial charge < -0.3 is 4.74 Å². The minimum Gasteiger partial charge on any atom is -0.375 e. The average molecular weight is 248 g/mol. The van der Waals surface area contributed by atoms with Gasteiger partial charge in [0.1, 0.15) is 0 Å². The second kappa shape index (κ2) is 3.36. The van der Waals surface area contributed by atoms with Crippen molar-refractivity contribution in [3.63, 3.8) is 0 Å². The Balaban J connectivity index is 2.46. The third-order valence-corrected chi connectivity index (χ3v) is 2.82. The van der Waals surface area contributed by atoms with Crippen molar-refractivity contribution in [1.29, 1.82) is 0 Å². The summed E-state index contributed by atoms with van der Waals surface area (Å²) in [5, 5.41) is 0.0156. The van der Waals surface area contributed by atoms with Crippen LogP contribution in [0.1, 0.15) is 16.5 Å². The average Bonchev–Trinajstić information content (AvgIpc) is 2.04. The molecule has 1 aromatic rings. The van der Waals surface area contributed by atoms with E-state index in [1.165, 1.54) is 11.1 Å². The van der Waals surface area contributed by atoms with Gasteiger partial charge in [0.05, 0.1) is 18.6 Å². The van der Waals surface area contributed by atoms with E-state index in [1.54, 1.807) is 0 Å². The molecule has 0 radical (unpaired) electrons. The van der Waals surface area contributed by atoms with Gasteiger partial charge in [0.15, 0.2) is 0 Å². The van der Waals surface area contributed by atoms with Crippen LogP contribution in [0.25, 0.3) is 0 Å². The largest absolute Gasteiger partial charge is 0.375 e. The van der Waals surface area contributed by atoms with Gasteiger partial charge >= 0.3 is 0 Å². The number of benzene rings is 1. The number of alkyl halides is 1. The van der Waals surface area contributed by atoms with Crippen LogP contribution in [0, 0.1) is 0 Å². The van der Waals surface area contributed by atoms with Crippen LogP contribution in [-0.4, -0.2) is 6.61 Å². The van der Waals surface area contributed by atoms with Gasteiger partial charge in [0.25, 0.3) is 0 Å². The highest BCUT2D eigenvalue weighted by Crippen LogP contribution is 2.31. The third kappa shape index (κ3) is 1.51. The first kappa shape index (κ1) is 8.54. The predicted molar refractivity (Wildman–Crippen MR) is 52.4 cm³/mol. The van der Waals surface area contributed by atoms with Gasteiger partial charge in [-0.3, -0.25) is 0 Å². The SMILES string of the molecule is ClC1COCc2cc(Br)ccc21. The first-order chi connectivity index (χ1) is 5.77. The molecule has 1 unspecified atom stereocenters. The monoisotopic (exact) mass is 246 g/mol.